The summed E-state index contributed by atoms with van der Waals surface area (Å²) in [7, 11) is 1.34. The number of rotatable bonds is 10. The molecular weight excluding hydrogens is 538 g/mol. The second-order valence-corrected chi connectivity index (χ2v) is 10.6. The van der Waals surface area contributed by atoms with E-state index in [1.807, 2.05) is 55.5 Å². The number of aromatic nitrogens is 6. The minimum atomic E-state index is -0.501. The average molecular weight is 570 g/mol. The van der Waals surface area contributed by atoms with Crippen LogP contribution in [0.3, 0.4) is 0 Å². The van der Waals surface area contributed by atoms with Crippen molar-refractivity contribution in [1.82, 2.24) is 30.2 Å². The number of halogens is 1. The van der Waals surface area contributed by atoms with Crippen LogP contribution in [0.5, 0.6) is 0 Å². The number of nitrogens with zero attached hydrogens (tertiary/aromatic N) is 5. The number of ether oxygens (including phenoxy) is 1. The molecule has 1 aliphatic carbocycles. The topological polar surface area (TPSA) is 111 Å². The van der Waals surface area contributed by atoms with Crippen molar-refractivity contribution < 1.29 is 9.53 Å². The first-order chi connectivity index (χ1) is 19.9. The molecule has 0 saturated heterocycles. The molecule has 1 atom stereocenters. The molecule has 2 N–H and O–H groups in total. The number of amides is 1. The highest BCUT2D eigenvalue weighted by atomic mass is 35.5. The zero-order valence-electron chi connectivity index (χ0n) is 23.3. The third-order valence-corrected chi connectivity index (χ3v) is 7.50. The van der Waals surface area contributed by atoms with E-state index in [1.165, 1.54) is 25.5 Å². The van der Waals surface area contributed by atoms with Crippen LogP contribution in [0.25, 0.3) is 22.5 Å². The van der Waals surface area contributed by atoms with Gasteiger partial charge in [0.15, 0.2) is 0 Å². The van der Waals surface area contributed by atoms with Crippen molar-refractivity contribution in [3.05, 3.63) is 101 Å². The molecule has 0 spiro atoms. The van der Waals surface area contributed by atoms with Gasteiger partial charge in [-0.15, -0.1) is 5.10 Å². The van der Waals surface area contributed by atoms with Crippen LogP contribution in [0.1, 0.15) is 49.2 Å². The summed E-state index contributed by atoms with van der Waals surface area (Å²) in [5, 5.41) is 14.9. The number of aryl methyl sites for hydroxylation is 1. The maximum Gasteiger partial charge on any atom is 0.411 e. The molecule has 1 unspecified atom stereocenters. The molecule has 4 aromatic rings. The van der Waals surface area contributed by atoms with Crippen LogP contribution in [-0.4, -0.2) is 43.4 Å². The molecule has 2 heterocycles. The van der Waals surface area contributed by atoms with E-state index in [9.17, 15) is 4.79 Å². The molecule has 5 rings (SSSR count). The number of aromatic amines is 1. The summed E-state index contributed by atoms with van der Waals surface area (Å²) in [6.07, 6.45) is 10.6. The highest BCUT2D eigenvalue weighted by Gasteiger charge is 2.29. The van der Waals surface area contributed by atoms with E-state index in [2.05, 4.69) is 56.2 Å². The number of carbonyl (C=O) groups excluding carboxylic acids is 1. The smallest absolute Gasteiger partial charge is 0.411 e. The van der Waals surface area contributed by atoms with Crippen LogP contribution in [0, 0.1) is 12.8 Å². The summed E-state index contributed by atoms with van der Waals surface area (Å²) in [4.78, 5) is 20.1. The average Bonchev–Trinajstić information content (AvgIpc) is 3.47. The quantitative estimate of drug-likeness (QED) is 0.194. The fourth-order valence-corrected chi connectivity index (χ4v) is 5.01. The highest BCUT2D eigenvalue weighted by Crippen LogP contribution is 2.41. The van der Waals surface area contributed by atoms with Gasteiger partial charge in [0.2, 0.25) is 0 Å². The predicted molar refractivity (Wildman–Crippen MR) is 161 cm³/mol. The fourth-order valence-electron chi connectivity index (χ4n) is 4.83. The number of carbonyl (C=O) groups is 1. The number of H-pyrrole nitrogens is 1. The van der Waals surface area contributed by atoms with E-state index < -0.39 is 6.09 Å². The number of anilines is 1. The molecule has 10 heteroatoms. The molecule has 41 heavy (non-hydrogen) atoms. The van der Waals surface area contributed by atoms with Gasteiger partial charge < -0.3 is 9.72 Å². The molecule has 0 bridgehead atoms. The lowest BCUT2D eigenvalue weighted by molar-refractivity contribution is 0.187. The van der Waals surface area contributed by atoms with E-state index in [1.54, 1.807) is 11.0 Å². The zero-order chi connectivity index (χ0) is 28.9. The first-order valence-electron chi connectivity index (χ1n) is 13.4. The largest absolute Gasteiger partial charge is 0.453 e. The van der Waals surface area contributed by atoms with Crippen molar-refractivity contribution in [3.63, 3.8) is 0 Å². The van der Waals surface area contributed by atoms with Gasteiger partial charge in [-0.2, -0.15) is 4.68 Å². The first-order valence-corrected chi connectivity index (χ1v) is 13.8. The fraction of sp³-hybridized carbons (Fsp3) is 0.258. The molecule has 9 nitrogen and oxygen atoms in total. The Morgan fingerprint density at radius 2 is 2.02 bits per heavy atom. The van der Waals surface area contributed by atoms with Gasteiger partial charge in [0.05, 0.1) is 24.2 Å². The summed E-state index contributed by atoms with van der Waals surface area (Å²) in [6, 6.07) is 13.2. The van der Waals surface area contributed by atoms with Gasteiger partial charge >= 0.3 is 6.09 Å². The Kier molecular flexibility index (Phi) is 8.45. The Labute approximate surface area is 244 Å². The van der Waals surface area contributed by atoms with Crippen LogP contribution >= 0.6 is 11.6 Å². The molecule has 1 amide bonds. The minimum Gasteiger partial charge on any atom is -0.453 e. The van der Waals surface area contributed by atoms with Crippen molar-refractivity contribution in [2.45, 2.75) is 39.0 Å². The van der Waals surface area contributed by atoms with Crippen molar-refractivity contribution in [3.8, 4) is 16.9 Å². The molecule has 2 aromatic heterocycles. The zero-order valence-corrected chi connectivity index (χ0v) is 24.0. The van der Waals surface area contributed by atoms with Crippen LogP contribution in [0.15, 0.2) is 79.2 Å². The van der Waals surface area contributed by atoms with Gasteiger partial charge in [-0.3, -0.25) is 5.32 Å². The number of benzene rings is 2. The van der Waals surface area contributed by atoms with Crippen LogP contribution in [0.2, 0.25) is 5.02 Å². The number of hydrogen-bond acceptors (Lipinski definition) is 6. The Morgan fingerprint density at radius 3 is 2.68 bits per heavy atom. The first kappa shape index (κ1) is 28.0. The molecular formula is C31H32ClN7O2. The number of methoxy groups -OCH3 is 1. The molecule has 210 valence electrons. The normalized spacial score (nSPS) is 14.5. The SMILES string of the molecule is C=C/C(=C\C=C(/C)C(CC1CC1)c1nc(C)c(-c2ccc(NC(=O)OC)cc2)[nH]1)c1cc(Cl)ccc1-n1cnnn1. The second-order valence-electron chi connectivity index (χ2n) is 10.2. The Balaban J connectivity index is 1.45. The maximum atomic E-state index is 11.5. The predicted octanol–water partition coefficient (Wildman–Crippen LogP) is 7.29. The van der Waals surface area contributed by atoms with Gasteiger partial charge in [0.1, 0.15) is 12.2 Å². The van der Waals surface area contributed by atoms with Gasteiger partial charge in [-0.05, 0) is 78.1 Å². The molecule has 0 radical (unpaired) electrons. The lowest BCUT2D eigenvalue weighted by Gasteiger charge is -2.16. The number of tetrazole rings is 1. The monoisotopic (exact) mass is 569 g/mol. The number of hydrogen-bond donors (Lipinski definition) is 2. The van der Waals surface area contributed by atoms with Crippen LogP contribution in [0.4, 0.5) is 10.5 Å². The Bertz CT molecular complexity index is 1600. The number of allylic oxidation sites excluding steroid dienone is 5. The third-order valence-electron chi connectivity index (χ3n) is 7.27. The van der Waals surface area contributed by atoms with Crippen molar-refractivity contribution in [2.75, 3.05) is 12.4 Å². The second kappa shape index (κ2) is 12.3. The van der Waals surface area contributed by atoms with E-state index in [0.29, 0.717) is 16.6 Å². The molecule has 1 saturated carbocycles. The lowest BCUT2D eigenvalue weighted by Crippen LogP contribution is -2.10. The van der Waals surface area contributed by atoms with Crippen molar-refractivity contribution >= 4 is 29.0 Å². The van der Waals surface area contributed by atoms with Crippen molar-refractivity contribution in [1.29, 1.82) is 0 Å². The lowest BCUT2D eigenvalue weighted by atomic mass is 9.92. The maximum absolute atomic E-state index is 11.5. The van der Waals surface area contributed by atoms with Gasteiger partial charge in [-0.25, -0.2) is 9.78 Å². The van der Waals surface area contributed by atoms with Gasteiger partial charge in [0, 0.05) is 22.2 Å². The molecule has 0 aliphatic heterocycles. The van der Waals surface area contributed by atoms with E-state index in [-0.39, 0.29) is 5.92 Å². The minimum absolute atomic E-state index is 0.135. The Hall–Kier alpha value is -4.50. The standard InChI is InChI=1S/C31H32ClN7O2/c1-5-22(27-17-24(32)12-15-28(27)39-18-33-37-38-39)9-6-19(2)26(16-21-7-8-21)30-34-20(3)29(36-30)23-10-13-25(14-11-23)35-31(40)41-4/h5-6,9-15,17-18,21,26H,1,7-8,16H2,2-4H3,(H,34,36)(H,35,40)/b19-6+,22-9+. The van der Waals surface area contributed by atoms with Crippen LogP contribution in [-0.2, 0) is 4.74 Å². The van der Waals surface area contributed by atoms with Crippen LogP contribution < -0.4 is 5.32 Å². The summed E-state index contributed by atoms with van der Waals surface area (Å²) in [6.45, 7) is 8.21. The summed E-state index contributed by atoms with van der Waals surface area (Å²) in [5.41, 5.74) is 7.33. The number of nitrogens with one attached hydrogen (secondary N) is 2. The Morgan fingerprint density at radius 1 is 1.24 bits per heavy atom. The summed E-state index contributed by atoms with van der Waals surface area (Å²) < 4.78 is 6.29. The van der Waals surface area contributed by atoms with E-state index in [4.69, 9.17) is 16.6 Å². The van der Waals surface area contributed by atoms with E-state index >= 15 is 0 Å². The summed E-state index contributed by atoms with van der Waals surface area (Å²) in [5.74, 6) is 1.78. The number of imidazole rings is 1. The third kappa shape index (κ3) is 6.63. The molecule has 2 aromatic carbocycles. The summed E-state index contributed by atoms with van der Waals surface area (Å²) >= 11 is 6.37. The highest BCUT2D eigenvalue weighted by molar-refractivity contribution is 6.30. The van der Waals surface area contributed by atoms with Gasteiger partial charge in [0.25, 0.3) is 0 Å². The van der Waals surface area contributed by atoms with Gasteiger partial charge in [-0.1, -0.05) is 67.0 Å². The van der Waals surface area contributed by atoms with E-state index in [0.717, 1.165) is 46.0 Å². The van der Waals surface area contributed by atoms with Crippen molar-refractivity contribution in [2.24, 2.45) is 5.92 Å². The molecule has 1 fully saturated rings. The molecule has 1 aliphatic rings.